The summed E-state index contributed by atoms with van der Waals surface area (Å²) >= 11 is 3.23. The second-order valence-corrected chi connectivity index (χ2v) is 9.11. The van der Waals surface area contributed by atoms with Crippen molar-refractivity contribution in [2.75, 3.05) is 0 Å². The number of rotatable bonds is 7. The van der Waals surface area contributed by atoms with E-state index >= 15 is 0 Å². The second kappa shape index (κ2) is 6.90. The molecule has 1 unspecified atom stereocenters. The Kier molecular flexibility index (Phi) is 6.95. The van der Waals surface area contributed by atoms with E-state index in [1.54, 1.807) is 0 Å². The van der Waals surface area contributed by atoms with Gasteiger partial charge in [0.05, 0.1) is 0 Å². The predicted octanol–water partition coefficient (Wildman–Crippen LogP) is 4.04. The van der Waals surface area contributed by atoms with Crippen LogP contribution in [0, 0.1) is 5.41 Å². The fourth-order valence-electron chi connectivity index (χ4n) is 1.53. The molecule has 0 saturated heterocycles. The fraction of sp³-hybridized carbons (Fsp3) is 0.917. The smallest absolute Gasteiger partial charge is 0.346 e. The molecule has 5 heteroatoms. The molecule has 0 heterocycles. The minimum atomic E-state index is -1.18. The van der Waals surface area contributed by atoms with Crippen LogP contribution >= 0.6 is 15.9 Å². The maximum Gasteiger partial charge on any atom is 0.346 e. The average Bonchev–Trinajstić information content (AvgIpc) is 2.09. The molecule has 1 radical (unpaired) electrons. The van der Waals surface area contributed by atoms with E-state index in [0.717, 1.165) is 19.3 Å². The number of alkyl halides is 1. The highest BCUT2D eigenvalue weighted by Gasteiger charge is 2.37. The molecule has 0 aliphatic heterocycles. The summed E-state index contributed by atoms with van der Waals surface area (Å²) in [5.41, 5.74) is 0.309. The Morgan fingerprint density at radius 3 is 2.06 bits per heavy atom. The predicted molar refractivity (Wildman–Crippen MR) is 75.8 cm³/mol. The molecular formula is C12H24BrO3Si. The van der Waals surface area contributed by atoms with Crippen LogP contribution in [0.1, 0.15) is 46.5 Å². The van der Waals surface area contributed by atoms with E-state index in [0.29, 0.717) is 11.8 Å². The van der Waals surface area contributed by atoms with Gasteiger partial charge in [-0.25, -0.2) is 4.79 Å². The summed E-state index contributed by atoms with van der Waals surface area (Å²) in [7, 11) is -1.03. The lowest BCUT2D eigenvalue weighted by molar-refractivity contribution is -0.147. The molecule has 0 aliphatic carbocycles. The number of halogens is 1. The van der Waals surface area contributed by atoms with Gasteiger partial charge >= 0.3 is 5.97 Å². The number of carbonyl (C=O) groups is 1. The van der Waals surface area contributed by atoms with Gasteiger partial charge in [0.2, 0.25) is 13.6 Å². The highest BCUT2D eigenvalue weighted by Crippen LogP contribution is 2.30. The molecule has 101 valence electrons. The number of hydrogen-bond acceptors (Lipinski definition) is 2. The Balaban J connectivity index is 4.15. The van der Waals surface area contributed by atoms with Crippen LogP contribution in [0.4, 0.5) is 0 Å². The third kappa shape index (κ3) is 7.94. The molecule has 0 fully saturated rings. The molecule has 17 heavy (non-hydrogen) atoms. The third-order valence-corrected chi connectivity index (χ3v) is 4.31. The van der Waals surface area contributed by atoms with E-state index in [4.69, 9.17) is 4.43 Å². The van der Waals surface area contributed by atoms with Crippen molar-refractivity contribution in [1.29, 1.82) is 0 Å². The number of aliphatic carboxylic acids is 1. The quantitative estimate of drug-likeness (QED) is 0.437. The van der Waals surface area contributed by atoms with Gasteiger partial charge in [-0.2, -0.15) is 0 Å². The van der Waals surface area contributed by atoms with Crippen LogP contribution in [0.25, 0.3) is 0 Å². The summed E-state index contributed by atoms with van der Waals surface area (Å²) in [5, 5.41) is 9.19. The van der Waals surface area contributed by atoms with Crippen molar-refractivity contribution >= 4 is 30.9 Å². The first kappa shape index (κ1) is 17.1. The standard InChI is InChI=1S/C12H24BrO3Si/c1-11(2,3)8-6-7-9-12(13,10(14)15)16-17(4)5/h6-9H2,1-5H3,(H,14,15). The van der Waals surface area contributed by atoms with Crippen molar-refractivity contribution in [3.63, 3.8) is 0 Å². The fourth-order valence-corrected chi connectivity index (χ4v) is 3.62. The van der Waals surface area contributed by atoms with Gasteiger partial charge in [-0.15, -0.1) is 0 Å². The maximum absolute atomic E-state index is 11.2. The first-order chi connectivity index (χ1) is 7.57. The van der Waals surface area contributed by atoms with Crippen molar-refractivity contribution in [2.45, 2.75) is 64.1 Å². The van der Waals surface area contributed by atoms with Gasteiger partial charge in [0.1, 0.15) is 0 Å². The highest BCUT2D eigenvalue weighted by molar-refractivity contribution is 9.10. The number of carboxylic acids is 1. The largest absolute Gasteiger partial charge is 0.478 e. The lowest BCUT2D eigenvalue weighted by Crippen LogP contribution is -2.38. The Labute approximate surface area is 115 Å². The van der Waals surface area contributed by atoms with Crippen LogP contribution in [-0.4, -0.2) is 24.6 Å². The summed E-state index contributed by atoms with van der Waals surface area (Å²) in [4.78, 5) is 11.2. The van der Waals surface area contributed by atoms with Crippen LogP contribution in [0.15, 0.2) is 0 Å². The molecule has 0 saturated carbocycles. The van der Waals surface area contributed by atoms with E-state index in [-0.39, 0.29) is 0 Å². The van der Waals surface area contributed by atoms with Crippen molar-refractivity contribution in [3.8, 4) is 0 Å². The number of carboxylic acid groups (broad SMARTS) is 1. The monoisotopic (exact) mass is 323 g/mol. The van der Waals surface area contributed by atoms with E-state index in [9.17, 15) is 9.90 Å². The molecule has 0 bridgehead atoms. The molecule has 1 atom stereocenters. The zero-order chi connectivity index (χ0) is 13.7. The number of hydrogen-bond donors (Lipinski definition) is 1. The van der Waals surface area contributed by atoms with Crippen molar-refractivity contribution in [2.24, 2.45) is 5.41 Å². The summed E-state index contributed by atoms with van der Waals surface area (Å²) in [6.07, 6.45) is 3.52. The average molecular weight is 324 g/mol. The van der Waals surface area contributed by atoms with Gasteiger partial charge < -0.3 is 9.53 Å². The first-order valence-electron chi connectivity index (χ1n) is 5.98. The summed E-state index contributed by atoms with van der Waals surface area (Å²) in [6.45, 7) is 10.5. The molecule has 3 nitrogen and oxygen atoms in total. The lowest BCUT2D eigenvalue weighted by Gasteiger charge is -2.26. The van der Waals surface area contributed by atoms with E-state index in [2.05, 4.69) is 36.7 Å². The van der Waals surface area contributed by atoms with E-state index < -0.39 is 19.5 Å². The van der Waals surface area contributed by atoms with Crippen molar-refractivity contribution < 1.29 is 14.3 Å². The molecule has 0 aromatic heterocycles. The Hall–Kier alpha value is 0.127. The normalized spacial score (nSPS) is 15.9. The first-order valence-corrected chi connectivity index (χ1v) is 9.18. The molecule has 0 aliphatic rings. The van der Waals surface area contributed by atoms with Gasteiger partial charge in [0.25, 0.3) is 0 Å². The minimum Gasteiger partial charge on any atom is -0.478 e. The van der Waals surface area contributed by atoms with E-state index in [1.807, 2.05) is 13.1 Å². The lowest BCUT2D eigenvalue weighted by atomic mass is 9.89. The molecule has 0 amide bonds. The van der Waals surface area contributed by atoms with Gasteiger partial charge in [-0.3, -0.25) is 0 Å². The Bertz CT molecular complexity index is 251. The number of unbranched alkanes of at least 4 members (excludes halogenated alkanes) is 1. The minimum absolute atomic E-state index is 0.309. The van der Waals surface area contributed by atoms with Gasteiger partial charge in [-0.05, 0) is 53.7 Å². The van der Waals surface area contributed by atoms with Gasteiger partial charge in [0.15, 0.2) is 0 Å². The van der Waals surface area contributed by atoms with Crippen LogP contribution < -0.4 is 0 Å². The second-order valence-electron chi connectivity index (χ2n) is 5.81. The highest BCUT2D eigenvalue weighted by atomic mass is 79.9. The molecule has 0 rings (SSSR count). The van der Waals surface area contributed by atoms with Gasteiger partial charge in [0, 0.05) is 0 Å². The Morgan fingerprint density at radius 1 is 1.24 bits per heavy atom. The summed E-state index contributed by atoms with van der Waals surface area (Å²) in [6, 6.07) is 0. The van der Waals surface area contributed by atoms with Crippen LogP contribution in [-0.2, 0) is 9.22 Å². The third-order valence-electron chi connectivity index (χ3n) is 2.36. The van der Waals surface area contributed by atoms with Crippen LogP contribution in [0.3, 0.4) is 0 Å². The zero-order valence-electron chi connectivity index (χ0n) is 11.5. The van der Waals surface area contributed by atoms with Gasteiger partial charge in [-0.1, -0.05) is 27.2 Å². The van der Waals surface area contributed by atoms with Crippen molar-refractivity contribution in [3.05, 3.63) is 0 Å². The molecule has 0 aromatic rings. The Morgan fingerprint density at radius 2 is 1.71 bits per heavy atom. The summed E-state index contributed by atoms with van der Waals surface area (Å²) < 4.78 is 4.37. The van der Waals surface area contributed by atoms with E-state index in [1.165, 1.54) is 0 Å². The molecule has 1 N–H and O–H groups in total. The molecule has 0 spiro atoms. The topological polar surface area (TPSA) is 46.5 Å². The molecule has 0 aromatic carbocycles. The summed E-state index contributed by atoms with van der Waals surface area (Å²) in [5.74, 6) is -0.917. The van der Waals surface area contributed by atoms with Crippen LogP contribution in [0.2, 0.25) is 13.1 Å². The SMILES string of the molecule is C[Si](C)OC(Br)(CCCCC(C)(C)C)C(=O)O. The molecular weight excluding hydrogens is 300 g/mol. The zero-order valence-corrected chi connectivity index (χ0v) is 14.1. The van der Waals surface area contributed by atoms with Crippen LogP contribution in [0.5, 0.6) is 0 Å². The maximum atomic E-state index is 11.2. The van der Waals surface area contributed by atoms with Crippen molar-refractivity contribution in [1.82, 2.24) is 0 Å².